The Morgan fingerprint density at radius 2 is 1.89 bits per heavy atom. The topological polar surface area (TPSA) is 95.1 Å². The summed E-state index contributed by atoms with van der Waals surface area (Å²) < 4.78 is 7.85. The van der Waals surface area contributed by atoms with E-state index in [1.54, 1.807) is 17.3 Å². The van der Waals surface area contributed by atoms with Crippen molar-refractivity contribution in [1.29, 1.82) is 0 Å². The Balaban J connectivity index is 1.25. The third-order valence-corrected chi connectivity index (χ3v) is 6.20. The molecule has 1 N–H and O–H groups in total. The van der Waals surface area contributed by atoms with E-state index in [0.29, 0.717) is 13.2 Å². The number of aryl methyl sites for hydroxylation is 1. The number of ether oxygens (including phenoxy) is 1. The van der Waals surface area contributed by atoms with Gasteiger partial charge in [0.05, 0.1) is 30.4 Å². The van der Waals surface area contributed by atoms with Crippen molar-refractivity contribution in [3.05, 3.63) is 72.9 Å². The highest BCUT2D eigenvalue weighted by Gasteiger charge is 2.10. The van der Waals surface area contributed by atoms with E-state index in [4.69, 9.17) is 4.74 Å². The molecule has 0 saturated heterocycles. The predicted molar refractivity (Wildman–Crippen MR) is 138 cm³/mol. The van der Waals surface area contributed by atoms with Crippen molar-refractivity contribution in [2.75, 3.05) is 23.9 Å². The summed E-state index contributed by atoms with van der Waals surface area (Å²) in [5.41, 5.74) is 5.53. The zero-order valence-electron chi connectivity index (χ0n) is 19.6. The fourth-order valence-corrected chi connectivity index (χ4v) is 4.10. The quantitative estimate of drug-likeness (QED) is 0.292. The standard InChI is InChI=1S/C25H26N8OS/c1-32-30-15-22(31-32)19-6-4-18(5-7-19)14-26-24-13-21(28-17-29-24)23-16-27-25-12-20(8-9-33(23)25)34-10-3-11-35-2/h4-9,12-13,15-17H,3,10-11,14H2,1-2H3,(H,26,28,29). The molecule has 0 amide bonds. The van der Waals surface area contributed by atoms with Gasteiger partial charge in [-0.15, -0.1) is 0 Å². The zero-order valence-corrected chi connectivity index (χ0v) is 20.4. The molecule has 0 atom stereocenters. The maximum atomic E-state index is 5.85. The molecule has 5 aromatic rings. The second-order valence-corrected chi connectivity index (χ2v) is 8.97. The van der Waals surface area contributed by atoms with Crippen LogP contribution in [0, 0.1) is 0 Å². The third-order valence-electron chi connectivity index (χ3n) is 5.50. The minimum atomic E-state index is 0.640. The van der Waals surface area contributed by atoms with Crippen LogP contribution in [-0.2, 0) is 13.6 Å². The molecule has 4 aromatic heterocycles. The molecule has 0 unspecified atom stereocenters. The molecule has 9 nitrogen and oxygen atoms in total. The summed E-state index contributed by atoms with van der Waals surface area (Å²) in [4.78, 5) is 14.9. The molecule has 35 heavy (non-hydrogen) atoms. The van der Waals surface area contributed by atoms with Gasteiger partial charge in [0.15, 0.2) is 0 Å². The molecule has 0 bridgehead atoms. The Morgan fingerprint density at radius 3 is 2.69 bits per heavy atom. The van der Waals surface area contributed by atoms with Crippen LogP contribution in [0.5, 0.6) is 5.75 Å². The maximum Gasteiger partial charge on any atom is 0.140 e. The van der Waals surface area contributed by atoms with Crippen LogP contribution in [0.25, 0.3) is 28.3 Å². The minimum absolute atomic E-state index is 0.640. The van der Waals surface area contributed by atoms with Crippen molar-refractivity contribution >= 4 is 23.2 Å². The Bertz CT molecular complexity index is 1410. The average molecular weight is 487 g/mol. The van der Waals surface area contributed by atoms with Crippen LogP contribution >= 0.6 is 11.8 Å². The van der Waals surface area contributed by atoms with Crippen LogP contribution in [-0.4, -0.2) is 53.0 Å². The fourth-order valence-electron chi connectivity index (χ4n) is 3.69. The van der Waals surface area contributed by atoms with Crippen molar-refractivity contribution in [2.45, 2.75) is 13.0 Å². The van der Waals surface area contributed by atoms with Gasteiger partial charge in [-0.05, 0) is 30.1 Å². The molecular formula is C25H26N8OS. The molecule has 4 heterocycles. The molecule has 0 fully saturated rings. The Kier molecular flexibility index (Phi) is 6.89. The van der Waals surface area contributed by atoms with E-state index in [1.807, 2.05) is 65.9 Å². The van der Waals surface area contributed by atoms with Crippen LogP contribution in [0.1, 0.15) is 12.0 Å². The molecule has 1 aromatic carbocycles. The molecule has 0 radical (unpaired) electrons. The average Bonchev–Trinajstić information content (AvgIpc) is 3.52. The lowest BCUT2D eigenvalue weighted by Crippen LogP contribution is -2.02. The first-order valence-corrected chi connectivity index (χ1v) is 12.7. The number of anilines is 1. The van der Waals surface area contributed by atoms with Crippen LogP contribution < -0.4 is 10.1 Å². The molecule has 0 aliphatic rings. The second-order valence-electron chi connectivity index (χ2n) is 7.99. The number of hydrogen-bond donors (Lipinski definition) is 1. The minimum Gasteiger partial charge on any atom is -0.493 e. The second kappa shape index (κ2) is 10.6. The van der Waals surface area contributed by atoms with Gasteiger partial charge in [-0.3, -0.25) is 4.40 Å². The number of nitrogens with zero attached hydrogens (tertiary/aromatic N) is 7. The summed E-state index contributed by atoms with van der Waals surface area (Å²) in [6.45, 7) is 1.34. The first kappa shape index (κ1) is 22.9. The van der Waals surface area contributed by atoms with Crippen LogP contribution in [0.15, 0.2) is 67.4 Å². The highest BCUT2D eigenvalue weighted by atomic mass is 32.2. The van der Waals surface area contributed by atoms with Crippen molar-refractivity contribution < 1.29 is 4.74 Å². The molecule has 10 heteroatoms. The monoisotopic (exact) mass is 486 g/mol. The van der Waals surface area contributed by atoms with E-state index >= 15 is 0 Å². The highest BCUT2D eigenvalue weighted by Crippen LogP contribution is 2.23. The first-order valence-electron chi connectivity index (χ1n) is 11.3. The van der Waals surface area contributed by atoms with Gasteiger partial charge < -0.3 is 10.1 Å². The number of pyridine rings is 1. The number of hydrogen-bond acceptors (Lipinski definition) is 8. The summed E-state index contributed by atoms with van der Waals surface area (Å²) in [7, 11) is 1.81. The largest absolute Gasteiger partial charge is 0.493 e. The third kappa shape index (κ3) is 5.43. The normalized spacial score (nSPS) is 11.1. The first-order chi connectivity index (χ1) is 17.2. The number of imidazole rings is 1. The van der Waals surface area contributed by atoms with Gasteiger partial charge in [0.25, 0.3) is 0 Å². The van der Waals surface area contributed by atoms with E-state index in [9.17, 15) is 0 Å². The highest BCUT2D eigenvalue weighted by molar-refractivity contribution is 7.98. The van der Waals surface area contributed by atoms with Gasteiger partial charge in [0, 0.05) is 37.5 Å². The lowest BCUT2D eigenvalue weighted by atomic mass is 10.1. The van der Waals surface area contributed by atoms with Crippen molar-refractivity contribution in [3.8, 4) is 28.4 Å². The number of rotatable bonds is 10. The number of thioether (sulfide) groups is 1. The number of aromatic nitrogens is 7. The van der Waals surface area contributed by atoms with Gasteiger partial charge >= 0.3 is 0 Å². The molecule has 0 aliphatic carbocycles. The number of fused-ring (bicyclic) bond motifs is 1. The smallest absolute Gasteiger partial charge is 0.140 e. The van der Waals surface area contributed by atoms with Gasteiger partial charge in [-0.25, -0.2) is 15.0 Å². The van der Waals surface area contributed by atoms with E-state index in [2.05, 4.69) is 48.9 Å². The summed E-state index contributed by atoms with van der Waals surface area (Å²) in [6.07, 6.45) is 10.2. The van der Waals surface area contributed by atoms with Crippen molar-refractivity contribution in [3.63, 3.8) is 0 Å². The number of benzene rings is 1. The summed E-state index contributed by atoms with van der Waals surface area (Å²) >= 11 is 1.83. The fraction of sp³-hybridized carbons (Fsp3) is 0.240. The maximum absolute atomic E-state index is 5.85. The van der Waals surface area contributed by atoms with E-state index in [0.717, 1.165) is 57.6 Å². The SMILES string of the molecule is CSCCCOc1ccn2c(-c3cc(NCc4ccc(-c5cnn(C)n5)cc4)ncn3)cnc2c1. The van der Waals surface area contributed by atoms with Crippen LogP contribution in [0.4, 0.5) is 5.82 Å². The van der Waals surface area contributed by atoms with Crippen molar-refractivity contribution in [2.24, 2.45) is 7.05 Å². The Labute approximate surface area is 207 Å². The molecule has 0 saturated carbocycles. The Hall–Kier alpha value is -3.92. The summed E-state index contributed by atoms with van der Waals surface area (Å²) in [6, 6.07) is 14.1. The predicted octanol–water partition coefficient (Wildman–Crippen LogP) is 4.33. The van der Waals surface area contributed by atoms with E-state index in [-0.39, 0.29) is 0 Å². The molecular weight excluding hydrogens is 460 g/mol. The summed E-state index contributed by atoms with van der Waals surface area (Å²) in [5, 5.41) is 11.9. The molecule has 5 rings (SSSR count). The lowest BCUT2D eigenvalue weighted by molar-refractivity contribution is 0.318. The van der Waals surface area contributed by atoms with E-state index < -0.39 is 0 Å². The molecule has 0 spiro atoms. The zero-order chi connectivity index (χ0) is 24.0. The molecule has 178 valence electrons. The van der Waals surface area contributed by atoms with Gasteiger partial charge in [-0.2, -0.15) is 26.8 Å². The summed E-state index contributed by atoms with van der Waals surface area (Å²) in [5.74, 6) is 2.66. The van der Waals surface area contributed by atoms with Crippen LogP contribution in [0.3, 0.4) is 0 Å². The number of nitrogens with one attached hydrogen (secondary N) is 1. The lowest BCUT2D eigenvalue weighted by Gasteiger charge is -2.09. The van der Waals surface area contributed by atoms with E-state index in [1.165, 1.54) is 0 Å². The molecule has 0 aliphatic heterocycles. The van der Waals surface area contributed by atoms with Gasteiger partial charge in [0.2, 0.25) is 0 Å². The Morgan fingerprint density at radius 1 is 1.00 bits per heavy atom. The van der Waals surface area contributed by atoms with Gasteiger partial charge in [-0.1, -0.05) is 24.3 Å². The van der Waals surface area contributed by atoms with Gasteiger partial charge in [0.1, 0.15) is 29.2 Å². The van der Waals surface area contributed by atoms with Crippen LogP contribution in [0.2, 0.25) is 0 Å². The van der Waals surface area contributed by atoms with Crippen molar-refractivity contribution in [1.82, 2.24) is 34.3 Å².